The van der Waals surface area contributed by atoms with Crippen molar-refractivity contribution in [1.29, 1.82) is 0 Å². The first-order valence-electron chi connectivity index (χ1n) is 8.57. The molecule has 0 spiro atoms. The number of benzene rings is 3. The van der Waals surface area contributed by atoms with E-state index in [1.54, 1.807) is 79.9 Å². The first kappa shape index (κ1) is 19.4. The Labute approximate surface area is 164 Å². The van der Waals surface area contributed by atoms with Crippen LogP contribution in [-0.4, -0.2) is 28.0 Å². The lowest BCUT2D eigenvalue weighted by molar-refractivity contribution is -0.114. The molecule has 0 aliphatic heterocycles. The van der Waals surface area contributed by atoms with Crippen molar-refractivity contribution in [2.45, 2.75) is 4.90 Å². The van der Waals surface area contributed by atoms with Crippen LogP contribution in [-0.2, 0) is 14.8 Å². The molecule has 0 atom stereocenters. The number of nitrogens with zero attached hydrogens (tertiary/aromatic N) is 1. The lowest BCUT2D eigenvalue weighted by Gasteiger charge is -2.24. The van der Waals surface area contributed by atoms with E-state index in [1.165, 1.54) is 12.1 Å². The third-order valence-corrected chi connectivity index (χ3v) is 5.82. The number of nitrogens with one attached hydrogen (secondary N) is 1. The van der Waals surface area contributed by atoms with Gasteiger partial charge in [-0.3, -0.25) is 9.10 Å². The minimum Gasteiger partial charge on any atom is -0.497 e. The molecule has 0 radical (unpaired) electrons. The maximum absolute atomic E-state index is 13.1. The van der Waals surface area contributed by atoms with E-state index in [0.29, 0.717) is 17.1 Å². The topological polar surface area (TPSA) is 75.7 Å². The van der Waals surface area contributed by atoms with Gasteiger partial charge in [-0.1, -0.05) is 36.4 Å². The third-order valence-electron chi connectivity index (χ3n) is 4.04. The largest absolute Gasteiger partial charge is 0.497 e. The van der Waals surface area contributed by atoms with E-state index in [9.17, 15) is 13.2 Å². The van der Waals surface area contributed by atoms with Crippen LogP contribution in [0.3, 0.4) is 0 Å². The molecule has 3 aromatic rings. The number of anilines is 2. The van der Waals surface area contributed by atoms with Crippen molar-refractivity contribution >= 4 is 27.3 Å². The van der Waals surface area contributed by atoms with Crippen LogP contribution in [0.15, 0.2) is 89.8 Å². The van der Waals surface area contributed by atoms with Crippen molar-refractivity contribution in [2.75, 3.05) is 23.3 Å². The molecule has 144 valence electrons. The van der Waals surface area contributed by atoms with Crippen molar-refractivity contribution in [3.05, 3.63) is 84.9 Å². The van der Waals surface area contributed by atoms with Crippen LogP contribution < -0.4 is 14.4 Å². The van der Waals surface area contributed by atoms with Crippen LogP contribution in [0.4, 0.5) is 11.4 Å². The van der Waals surface area contributed by atoms with Crippen LogP contribution in [0.5, 0.6) is 5.75 Å². The second-order valence-electron chi connectivity index (χ2n) is 5.94. The summed E-state index contributed by atoms with van der Waals surface area (Å²) < 4.78 is 32.5. The van der Waals surface area contributed by atoms with Gasteiger partial charge in [0.1, 0.15) is 12.3 Å². The van der Waals surface area contributed by atoms with Crippen LogP contribution in [0, 0.1) is 0 Å². The van der Waals surface area contributed by atoms with Gasteiger partial charge < -0.3 is 10.1 Å². The molecule has 3 rings (SSSR count). The highest BCUT2D eigenvalue weighted by Gasteiger charge is 2.26. The Balaban J connectivity index is 1.86. The predicted octanol–water partition coefficient (Wildman–Crippen LogP) is 3.53. The molecule has 0 bridgehead atoms. The van der Waals surface area contributed by atoms with Crippen molar-refractivity contribution in [3.8, 4) is 5.75 Å². The number of amides is 1. The third kappa shape index (κ3) is 4.50. The summed E-state index contributed by atoms with van der Waals surface area (Å²) in [7, 11) is -2.34. The first-order chi connectivity index (χ1) is 13.5. The fourth-order valence-electron chi connectivity index (χ4n) is 2.63. The first-order valence-corrected chi connectivity index (χ1v) is 10.0. The van der Waals surface area contributed by atoms with E-state index in [0.717, 1.165) is 4.31 Å². The monoisotopic (exact) mass is 396 g/mol. The number of para-hydroxylation sites is 1. The van der Waals surface area contributed by atoms with Gasteiger partial charge >= 0.3 is 0 Å². The van der Waals surface area contributed by atoms with E-state index in [4.69, 9.17) is 4.74 Å². The summed E-state index contributed by atoms with van der Waals surface area (Å²) >= 11 is 0. The Morgan fingerprint density at radius 3 is 2.04 bits per heavy atom. The van der Waals surface area contributed by atoms with Gasteiger partial charge in [-0.05, 0) is 48.5 Å². The van der Waals surface area contributed by atoms with Gasteiger partial charge in [0.05, 0.1) is 17.7 Å². The van der Waals surface area contributed by atoms with Crippen molar-refractivity contribution in [2.24, 2.45) is 0 Å². The molecule has 0 aliphatic rings. The summed E-state index contributed by atoms with van der Waals surface area (Å²) in [5.74, 6) is 0.212. The van der Waals surface area contributed by atoms with Crippen molar-refractivity contribution in [1.82, 2.24) is 0 Å². The highest BCUT2D eigenvalue weighted by molar-refractivity contribution is 7.92. The van der Waals surface area contributed by atoms with E-state index in [2.05, 4.69) is 5.32 Å². The Hall–Kier alpha value is -3.32. The van der Waals surface area contributed by atoms with E-state index >= 15 is 0 Å². The summed E-state index contributed by atoms with van der Waals surface area (Å²) in [5.41, 5.74) is 0.965. The quantitative estimate of drug-likeness (QED) is 0.663. The predicted molar refractivity (Wildman–Crippen MR) is 109 cm³/mol. The summed E-state index contributed by atoms with van der Waals surface area (Å²) in [6, 6.07) is 23.4. The van der Waals surface area contributed by atoms with Gasteiger partial charge in [0.25, 0.3) is 10.0 Å². The average molecular weight is 396 g/mol. The Morgan fingerprint density at radius 1 is 0.893 bits per heavy atom. The second kappa shape index (κ2) is 8.58. The summed E-state index contributed by atoms with van der Waals surface area (Å²) in [4.78, 5) is 12.7. The highest BCUT2D eigenvalue weighted by Crippen LogP contribution is 2.23. The number of carbonyl (C=O) groups excluding carboxylic acids is 1. The maximum atomic E-state index is 13.1. The molecule has 0 saturated heterocycles. The number of sulfonamides is 1. The van der Waals surface area contributed by atoms with Crippen molar-refractivity contribution in [3.63, 3.8) is 0 Å². The number of methoxy groups -OCH3 is 1. The molecule has 6 nitrogen and oxygen atoms in total. The zero-order valence-corrected chi connectivity index (χ0v) is 16.1. The molecular weight excluding hydrogens is 376 g/mol. The molecule has 0 aliphatic carbocycles. The normalized spacial score (nSPS) is 10.9. The SMILES string of the molecule is COc1ccc(NC(=O)CN(c2ccccc2)S(=O)(=O)c2ccccc2)cc1. The lowest BCUT2D eigenvalue weighted by Crippen LogP contribution is -2.38. The van der Waals surface area contributed by atoms with Gasteiger partial charge in [0, 0.05) is 5.69 Å². The fourth-order valence-corrected chi connectivity index (χ4v) is 4.08. The second-order valence-corrected chi connectivity index (χ2v) is 7.80. The molecule has 1 amide bonds. The van der Waals surface area contributed by atoms with Gasteiger partial charge in [0.2, 0.25) is 5.91 Å². The zero-order valence-electron chi connectivity index (χ0n) is 15.3. The van der Waals surface area contributed by atoms with E-state index < -0.39 is 15.9 Å². The number of hydrogen-bond acceptors (Lipinski definition) is 4. The number of ether oxygens (including phenoxy) is 1. The highest BCUT2D eigenvalue weighted by atomic mass is 32.2. The summed E-state index contributed by atoms with van der Waals surface area (Å²) in [6.45, 7) is -0.354. The molecular formula is C21H20N2O4S. The van der Waals surface area contributed by atoms with E-state index in [1.807, 2.05) is 0 Å². The van der Waals surface area contributed by atoms with Crippen molar-refractivity contribution < 1.29 is 17.9 Å². The van der Waals surface area contributed by atoms with E-state index in [-0.39, 0.29) is 11.4 Å². The standard InChI is InChI=1S/C21H20N2O4S/c1-27-19-14-12-17(13-15-19)22-21(24)16-23(18-8-4-2-5-9-18)28(25,26)20-10-6-3-7-11-20/h2-15H,16H2,1H3,(H,22,24). The molecule has 28 heavy (non-hydrogen) atoms. The number of hydrogen-bond donors (Lipinski definition) is 1. The van der Waals surface area contributed by atoms with Gasteiger partial charge in [-0.2, -0.15) is 0 Å². The molecule has 0 saturated carbocycles. The molecule has 1 N–H and O–H groups in total. The number of carbonyl (C=O) groups is 1. The Bertz CT molecular complexity index is 1020. The zero-order chi connectivity index (χ0) is 20.0. The molecule has 0 fully saturated rings. The van der Waals surface area contributed by atoms with Crippen LogP contribution in [0.1, 0.15) is 0 Å². The molecule has 3 aromatic carbocycles. The Morgan fingerprint density at radius 2 is 1.46 bits per heavy atom. The molecule has 0 unspecified atom stereocenters. The molecule has 7 heteroatoms. The van der Waals surface area contributed by atoms with Crippen LogP contribution in [0.25, 0.3) is 0 Å². The van der Waals surface area contributed by atoms with Crippen LogP contribution in [0.2, 0.25) is 0 Å². The maximum Gasteiger partial charge on any atom is 0.264 e. The average Bonchev–Trinajstić information content (AvgIpc) is 2.74. The minimum atomic E-state index is -3.90. The van der Waals surface area contributed by atoms with Gasteiger partial charge in [-0.15, -0.1) is 0 Å². The number of rotatable bonds is 7. The van der Waals surface area contributed by atoms with Gasteiger partial charge in [0.15, 0.2) is 0 Å². The minimum absolute atomic E-state index is 0.121. The fraction of sp³-hybridized carbons (Fsp3) is 0.0952. The summed E-state index contributed by atoms with van der Waals surface area (Å²) in [6.07, 6.45) is 0. The van der Waals surface area contributed by atoms with Crippen LogP contribution >= 0.6 is 0 Å². The lowest BCUT2D eigenvalue weighted by atomic mass is 10.3. The van der Waals surface area contributed by atoms with Gasteiger partial charge in [-0.25, -0.2) is 8.42 Å². The molecule has 0 aromatic heterocycles. The summed E-state index contributed by atoms with van der Waals surface area (Å²) in [5, 5.41) is 2.72. The smallest absolute Gasteiger partial charge is 0.264 e. The Kier molecular flexibility index (Phi) is 5.96. The molecule has 0 heterocycles.